The van der Waals surface area contributed by atoms with Gasteiger partial charge in [-0.3, -0.25) is 4.21 Å². The van der Waals surface area contributed by atoms with E-state index in [2.05, 4.69) is 0 Å². The molecule has 0 aromatic carbocycles. The van der Waals surface area contributed by atoms with Crippen molar-refractivity contribution in [2.45, 2.75) is 0 Å². The van der Waals surface area contributed by atoms with E-state index in [1.165, 1.54) is 0 Å². The topological polar surface area (TPSA) is 69.1 Å². The van der Waals surface area contributed by atoms with E-state index in [9.17, 15) is 4.21 Å². The number of nitrogens with two attached hydrogens (primary N) is 2. The zero-order valence-electron chi connectivity index (χ0n) is 5.39. The number of hydrogen-bond donors (Lipinski definition) is 2. The average molecular weight is 138 g/mol. The van der Waals surface area contributed by atoms with Crippen LogP contribution >= 0.6 is 0 Å². The molecule has 0 atom stereocenters. The molecule has 0 spiro atoms. The molecule has 4 N–H and O–H groups in total. The highest BCUT2D eigenvalue weighted by Gasteiger charge is 1.57. The van der Waals surface area contributed by atoms with Crippen molar-refractivity contribution in [3.8, 4) is 0 Å². The summed E-state index contributed by atoms with van der Waals surface area (Å²) in [5.74, 6) is 0. The molecule has 0 amide bonds. The van der Waals surface area contributed by atoms with Crippen LogP contribution in [0.2, 0.25) is 0 Å². The minimum absolute atomic E-state index is 0.597. The summed E-state index contributed by atoms with van der Waals surface area (Å²) in [5.41, 5.74) is 9.81. The van der Waals surface area contributed by atoms with Crippen LogP contribution in [-0.2, 0) is 10.8 Å². The monoisotopic (exact) mass is 138 g/mol. The van der Waals surface area contributed by atoms with Gasteiger partial charge in [0.25, 0.3) is 0 Å². The average Bonchev–Trinajstić information content (AvgIpc) is 1.65. The smallest absolute Gasteiger partial charge is 0.0148 e. The Morgan fingerprint density at radius 2 is 1.38 bits per heavy atom. The van der Waals surface area contributed by atoms with Crippen LogP contribution in [0.3, 0.4) is 0 Å². The van der Waals surface area contributed by atoms with E-state index >= 15 is 0 Å². The molecule has 4 heteroatoms. The summed E-state index contributed by atoms with van der Waals surface area (Å²) in [6.45, 7) is 1.19. The standard InChI is InChI=1S/C2H8N2.C2H6OS/c3-1-2-4;1-4(2)3/h1-4H2;1-2H3. The summed E-state index contributed by atoms with van der Waals surface area (Å²) in [6, 6.07) is 0. The lowest BCUT2D eigenvalue weighted by atomic mass is 10.7. The molecule has 3 nitrogen and oxygen atoms in total. The first kappa shape index (κ1) is 10.9. The molecule has 8 heavy (non-hydrogen) atoms. The molecule has 0 aromatic rings. The van der Waals surface area contributed by atoms with Crippen LogP contribution in [0.15, 0.2) is 0 Å². The van der Waals surface area contributed by atoms with E-state index in [1.807, 2.05) is 0 Å². The highest BCUT2D eigenvalue weighted by atomic mass is 32.2. The van der Waals surface area contributed by atoms with Crippen molar-refractivity contribution in [2.24, 2.45) is 11.5 Å². The first-order valence-corrected chi connectivity index (χ1v) is 4.27. The Bertz CT molecular complexity index is 52.0. The molecule has 0 bridgehead atoms. The summed E-state index contributed by atoms with van der Waals surface area (Å²) in [7, 11) is -0.611. The van der Waals surface area contributed by atoms with Crippen molar-refractivity contribution in [1.82, 2.24) is 0 Å². The third-order valence-corrected chi connectivity index (χ3v) is 0.167. The predicted octanol–water partition coefficient (Wildman–Crippen LogP) is -1.10. The lowest BCUT2D eigenvalue weighted by molar-refractivity contribution is 0.690. The van der Waals surface area contributed by atoms with E-state index in [-0.39, 0.29) is 0 Å². The maximum Gasteiger partial charge on any atom is 0.0148 e. The molecule has 0 aromatic heterocycles. The zero-order chi connectivity index (χ0) is 6.99. The van der Waals surface area contributed by atoms with Gasteiger partial charge in [-0.2, -0.15) is 0 Å². The summed E-state index contributed by atoms with van der Waals surface area (Å²) < 4.78 is 9.56. The lowest BCUT2D eigenvalue weighted by Crippen LogP contribution is -2.11. The van der Waals surface area contributed by atoms with Gasteiger partial charge in [-0.05, 0) is 0 Å². The third-order valence-electron chi connectivity index (χ3n) is 0.167. The Balaban J connectivity index is 0. The van der Waals surface area contributed by atoms with Gasteiger partial charge in [-0.15, -0.1) is 0 Å². The van der Waals surface area contributed by atoms with Crippen LogP contribution in [0, 0.1) is 0 Å². The maximum absolute atomic E-state index is 9.56. The van der Waals surface area contributed by atoms with Crippen LogP contribution in [0.4, 0.5) is 0 Å². The Labute approximate surface area is 52.9 Å². The van der Waals surface area contributed by atoms with Crippen LogP contribution < -0.4 is 11.5 Å². The fourth-order valence-corrected chi connectivity index (χ4v) is 0. The molecule has 52 valence electrons. The van der Waals surface area contributed by atoms with Gasteiger partial charge >= 0.3 is 0 Å². The lowest BCUT2D eigenvalue weighted by Gasteiger charge is -1.72. The van der Waals surface area contributed by atoms with E-state index in [4.69, 9.17) is 11.5 Å². The summed E-state index contributed by atoms with van der Waals surface area (Å²) in [5, 5.41) is 0. The zero-order valence-corrected chi connectivity index (χ0v) is 6.20. The van der Waals surface area contributed by atoms with Gasteiger partial charge in [0.05, 0.1) is 0 Å². The molecule has 0 fully saturated rings. The second-order valence-electron chi connectivity index (χ2n) is 1.32. The normalized spacial score (nSPS) is 8.12. The molecule has 0 aliphatic carbocycles. The Kier molecular flexibility index (Phi) is 13.9. The highest BCUT2D eigenvalue weighted by Crippen LogP contribution is 1.47. The van der Waals surface area contributed by atoms with Crippen molar-refractivity contribution >= 4 is 10.8 Å². The fourth-order valence-electron chi connectivity index (χ4n) is 0. The fraction of sp³-hybridized carbons (Fsp3) is 1.00. The molecule has 0 heterocycles. The van der Waals surface area contributed by atoms with Crippen LogP contribution in [0.5, 0.6) is 0 Å². The van der Waals surface area contributed by atoms with Gasteiger partial charge in [0.2, 0.25) is 0 Å². The van der Waals surface area contributed by atoms with Crippen molar-refractivity contribution < 1.29 is 4.21 Å². The predicted molar refractivity (Wildman–Crippen MR) is 38.1 cm³/mol. The molecule has 0 aliphatic rings. The highest BCUT2D eigenvalue weighted by molar-refractivity contribution is 7.83. The third kappa shape index (κ3) is 136. The maximum atomic E-state index is 9.56. The molecule has 0 radical (unpaired) electrons. The van der Waals surface area contributed by atoms with Crippen molar-refractivity contribution in [3.05, 3.63) is 0 Å². The van der Waals surface area contributed by atoms with Gasteiger partial charge < -0.3 is 11.5 Å². The second-order valence-corrected chi connectivity index (χ2v) is 2.80. The number of hydrogen-bond acceptors (Lipinski definition) is 3. The van der Waals surface area contributed by atoms with E-state index in [1.54, 1.807) is 12.5 Å². The van der Waals surface area contributed by atoms with E-state index in [0.717, 1.165) is 0 Å². The van der Waals surface area contributed by atoms with Gasteiger partial charge in [-0.1, -0.05) is 0 Å². The van der Waals surface area contributed by atoms with Crippen LogP contribution in [0.1, 0.15) is 0 Å². The van der Waals surface area contributed by atoms with Crippen molar-refractivity contribution in [3.63, 3.8) is 0 Å². The Hall–Kier alpha value is 0.0700. The second kappa shape index (κ2) is 10.1. The summed E-state index contributed by atoms with van der Waals surface area (Å²) in [6.07, 6.45) is 3.28. The molecule has 0 rings (SSSR count). The molecule has 0 aliphatic heterocycles. The Morgan fingerprint density at radius 1 is 1.25 bits per heavy atom. The minimum Gasteiger partial charge on any atom is -0.329 e. The van der Waals surface area contributed by atoms with E-state index in [0.29, 0.717) is 13.1 Å². The van der Waals surface area contributed by atoms with Crippen molar-refractivity contribution in [2.75, 3.05) is 25.6 Å². The molecule has 0 saturated carbocycles. The van der Waals surface area contributed by atoms with Gasteiger partial charge in [0.15, 0.2) is 0 Å². The first-order chi connectivity index (χ1) is 3.65. The van der Waals surface area contributed by atoms with Crippen LogP contribution in [0.25, 0.3) is 0 Å². The molecule has 0 saturated heterocycles. The van der Waals surface area contributed by atoms with Crippen molar-refractivity contribution in [1.29, 1.82) is 0 Å². The molecular weight excluding hydrogens is 124 g/mol. The van der Waals surface area contributed by atoms with E-state index < -0.39 is 10.8 Å². The van der Waals surface area contributed by atoms with Crippen LogP contribution in [-0.4, -0.2) is 29.8 Å². The molecular formula is C4H14N2OS. The summed E-state index contributed by atoms with van der Waals surface area (Å²) >= 11 is 0. The summed E-state index contributed by atoms with van der Waals surface area (Å²) in [4.78, 5) is 0. The minimum atomic E-state index is -0.611. The molecule has 0 unspecified atom stereocenters. The SMILES string of the molecule is CS(C)=O.NCCN. The van der Waals surface area contributed by atoms with Gasteiger partial charge in [-0.25, -0.2) is 0 Å². The van der Waals surface area contributed by atoms with Gasteiger partial charge in [0, 0.05) is 36.4 Å². The first-order valence-electron chi connectivity index (χ1n) is 2.30. The largest absolute Gasteiger partial charge is 0.329 e. The van der Waals surface area contributed by atoms with Gasteiger partial charge in [0.1, 0.15) is 0 Å². The quantitative estimate of drug-likeness (QED) is 0.483. The Morgan fingerprint density at radius 3 is 1.38 bits per heavy atom. The number of rotatable bonds is 1.